The Morgan fingerprint density at radius 2 is 2.14 bits per heavy atom. The summed E-state index contributed by atoms with van der Waals surface area (Å²) in [5.74, 6) is 0.719. The molecule has 2 aromatic rings. The summed E-state index contributed by atoms with van der Waals surface area (Å²) in [5, 5.41) is 4.49. The van der Waals surface area contributed by atoms with Crippen molar-refractivity contribution in [2.24, 2.45) is 13.0 Å². The molecule has 0 saturated carbocycles. The van der Waals surface area contributed by atoms with E-state index in [2.05, 4.69) is 46.2 Å². The van der Waals surface area contributed by atoms with E-state index >= 15 is 0 Å². The predicted molar refractivity (Wildman–Crippen MR) is 83.9 cm³/mol. The molecule has 112 valence electrons. The van der Waals surface area contributed by atoms with Crippen LogP contribution in [0.5, 0.6) is 0 Å². The maximum absolute atomic E-state index is 4.65. The average molecular weight is 284 g/mol. The summed E-state index contributed by atoms with van der Waals surface area (Å²) in [4.78, 5) is 7.18. The van der Waals surface area contributed by atoms with Gasteiger partial charge >= 0.3 is 0 Å². The molecule has 0 aliphatic carbocycles. The third-order valence-corrected chi connectivity index (χ3v) is 4.20. The molecular formula is C17H24N4. The van der Waals surface area contributed by atoms with Crippen molar-refractivity contribution in [3.8, 4) is 0 Å². The van der Waals surface area contributed by atoms with Crippen LogP contribution in [0.15, 0.2) is 30.5 Å². The molecule has 0 bridgehead atoms. The zero-order valence-corrected chi connectivity index (χ0v) is 13.0. The van der Waals surface area contributed by atoms with Crippen LogP contribution in [-0.2, 0) is 20.0 Å². The van der Waals surface area contributed by atoms with E-state index in [1.165, 1.54) is 30.8 Å². The second-order valence-corrected chi connectivity index (χ2v) is 6.20. The predicted octanol–water partition coefficient (Wildman–Crippen LogP) is 2.58. The lowest BCUT2D eigenvalue weighted by Crippen LogP contribution is -2.36. The summed E-state index contributed by atoms with van der Waals surface area (Å²) in [7, 11) is 1.98. The number of hydrogen-bond acceptors (Lipinski definition) is 3. The molecule has 3 heterocycles. The van der Waals surface area contributed by atoms with Gasteiger partial charge in [0.25, 0.3) is 0 Å². The maximum Gasteiger partial charge on any atom is 0.0764 e. The molecule has 2 aromatic heterocycles. The van der Waals surface area contributed by atoms with Gasteiger partial charge in [-0.05, 0) is 56.8 Å². The summed E-state index contributed by atoms with van der Waals surface area (Å²) in [6.07, 6.45) is 5.71. The standard InChI is InChI=1S/C17H24N4/c1-14-5-3-7-16(18-14)11-15-6-4-9-21(12-15)13-17-8-10-20(2)19-17/h3,5,7-8,10,15H,4,6,9,11-13H2,1-2H3/t15-/m1/s1. The summed E-state index contributed by atoms with van der Waals surface area (Å²) >= 11 is 0. The smallest absolute Gasteiger partial charge is 0.0764 e. The number of likely N-dealkylation sites (tertiary alicyclic amines) is 1. The van der Waals surface area contributed by atoms with Crippen LogP contribution in [0.4, 0.5) is 0 Å². The van der Waals surface area contributed by atoms with Crippen LogP contribution >= 0.6 is 0 Å². The Morgan fingerprint density at radius 1 is 1.24 bits per heavy atom. The molecule has 0 unspecified atom stereocenters. The molecule has 1 aliphatic rings. The molecule has 1 aliphatic heterocycles. The minimum Gasteiger partial charge on any atom is -0.297 e. The van der Waals surface area contributed by atoms with Crippen molar-refractivity contribution in [1.29, 1.82) is 0 Å². The largest absolute Gasteiger partial charge is 0.297 e. The molecule has 0 amide bonds. The number of hydrogen-bond donors (Lipinski definition) is 0. The number of piperidine rings is 1. The highest BCUT2D eigenvalue weighted by Gasteiger charge is 2.21. The first kappa shape index (κ1) is 14.3. The van der Waals surface area contributed by atoms with Gasteiger partial charge in [0.15, 0.2) is 0 Å². The number of aromatic nitrogens is 3. The van der Waals surface area contributed by atoms with E-state index in [0.29, 0.717) is 0 Å². The van der Waals surface area contributed by atoms with E-state index in [0.717, 1.165) is 31.1 Å². The molecule has 0 spiro atoms. The van der Waals surface area contributed by atoms with Crippen LogP contribution in [0.2, 0.25) is 0 Å². The summed E-state index contributed by atoms with van der Waals surface area (Å²) in [6, 6.07) is 8.46. The summed E-state index contributed by atoms with van der Waals surface area (Å²) < 4.78 is 1.88. The van der Waals surface area contributed by atoms with Crippen LogP contribution in [0.1, 0.15) is 29.9 Å². The highest BCUT2D eigenvalue weighted by Crippen LogP contribution is 2.21. The molecule has 0 N–H and O–H groups in total. The summed E-state index contributed by atoms with van der Waals surface area (Å²) in [6.45, 7) is 5.39. The fraction of sp³-hybridized carbons (Fsp3) is 0.529. The lowest BCUT2D eigenvalue weighted by molar-refractivity contribution is 0.164. The Bertz CT molecular complexity index is 590. The molecule has 1 atom stereocenters. The van der Waals surface area contributed by atoms with Crippen LogP contribution in [0, 0.1) is 12.8 Å². The highest BCUT2D eigenvalue weighted by atomic mass is 15.3. The van der Waals surface area contributed by atoms with Gasteiger partial charge in [-0.3, -0.25) is 14.6 Å². The molecule has 0 radical (unpaired) electrons. The molecule has 1 fully saturated rings. The van der Waals surface area contributed by atoms with Crippen molar-refractivity contribution in [1.82, 2.24) is 19.7 Å². The minimum atomic E-state index is 0.719. The topological polar surface area (TPSA) is 34.0 Å². The molecular weight excluding hydrogens is 260 g/mol. The third kappa shape index (κ3) is 3.91. The van der Waals surface area contributed by atoms with Gasteiger partial charge in [-0.2, -0.15) is 5.10 Å². The van der Waals surface area contributed by atoms with Gasteiger partial charge in [0.05, 0.1) is 5.69 Å². The van der Waals surface area contributed by atoms with Gasteiger partial charge in [0, 0.05) is 37.7 Å². The van der Waals surface area contributed by atoms with Crippen molar-refractivity contribution in [3.05, 3.63) is 47.5 Å². The maximum atomic E-state index is 4.65. The van der Waals surface area contributed by atoms with Crippen molar-refractivity contribution in [2.75, 3.05) is 13.1 Å². The van der Waals surface area contributed by atoms with E-state index in [9.17, 15) is 0 Å². The average Bonchev–Trinajstić information content (AvgIpc) is 2.84. The number of rotatable bonds is 4. The third-order valence-electron chi connectivity index (χ3n) is 4.20. The Labute approximate surface area is 126 Å². The number of aryl methyl sites for hydroxylation is 2. The minimum absolute atomic E-state index is 0.719. The van der Waals surface area contributed by atoms with Gasteiger partial charge in [-0.1, -0.05) is 6.07 Å². The Hall–Kier alpha value is -1.68. The van der Waals surface area contributed by atoms with E-state index in [-0.39, 0.29) is 0 Å². The molecule has 21 heavy (non-hydrogen) atoms. The first-order valence-corrected chi connectivity index (χ1v) is 7.82. The Balaban J connectivity index is 1.58. The monoisotopic (exact) mass is 284 g/mol. The van der Waals surface area contributed by atoms with Gasteiger partial charge in [0.1, 0.15) is 0 Å². The Morgan fingerprint density at radius 3 is 2.90 bits per heavy atom. The van der Waals surface area contributed by atoms with Crippen molar-refractivity contribution < 1.29 is 0 Å². The van der Waals surface area contributed by atoms with Gasteiger partial charge in [-0.15, -0.1) is 0 Å². The van der Waals surface area contributed by atoms with Crippen LogP contribution in [0.25, 0.3) is 0 Å². The van der Waals surface area contributed by atoms with Gasteiger partial charge < -0.3 is 0 Å². The fourth-order valence-corrected chi connectivity index (χ4v) is 3.25. The van der Waals surface area contributed by atoms with Crippen molar-refractivity contribution in [2.45, 2.75) is 32.7 Å². The summed E-state index contributed by atoms with van der Waals surface area (Å²) in [5.41, 5.74) is 3.53. The second-order valence-electron chi connectivity index (χ2n) is 6.20. The van der Waals surface area contributed by atoms with E-state index in [4.69, 9.17) is 0 Å². The van der Waals surface area contributed by atoms with E-state index in [1.807, 2.05) is 17.9 Å². The highest BCUT2D eigenvalue weighted by molar-refractivity contribution is 5.10. The molecule has 4 nitrogen and oxygen atoms in total. The quantitative estimate of drug-likeness (QED) is 0.865. The first-order chi connectivity index (χ1) is 10.2. The fourth-order valence-electron chi connectivity index (χ4n) is 3.25. The van der Waals surface area contributed by atoms with Crippen molar-refractivity contribution >= 4 is 0 Å². The van der Waals surface area contributed by atoms with Crippen LogP contribution < -0.4 is 0 Å². The molecule has 3 rings (SSSR count). The zero-order chi connectivity index (χ0) is 14.7. The normalized spacial score (nSPS) is 19.8. The SMILES string of the molecule is Cc1cccc(C[C@H]2CCCN(Cc3ccn(C)n3)C2)n1. The second kappa shape index (κ2) is 6.39. The Kier molecular flexibility index (Phi) is 4.34. The lowest BCUT2D eigenvalue weighted by Gasteiger charge is -2.32. The number of nitrogens with zero attached hydrogens (tertiary/aromatic N) is 4. The lowest BCUT2D eigenvalue weighted by atomic mass is 9.93. The first-order valence-electron chi connectivity index (χ1n) is 7.82. The van der Waals surface area contributed by atoms with Gasteiger partial charge in [0.2, 0.25) is 0 Å². The van der Waals surface area contributed by atoms with E-state index < -0.39 is 0 Å². The molecule has 0 aromatic carbocycles. The molecule has 1 saturated heterocycles. The van der Waals surface area contributed by atoms with Crippen LogP contribution in [0.3, 0.4) is 0 Å². The van der Waals surface area contributed by atoms with Crippen molar-refractivity contribution in [3.63, 3.8) is 0 Å². The van der Waals surface area contributed by atoms with Crippen LogP contribution in [-0.4, -0.2) is 32.8 Å². The van der Waals surface area contributed by atoms with E-state index in [1.54, 1.807) is 0 Å². The van der Waals surface area contributed by atoms with Gasteiger partial charge in [-0.25, -0.2) is 0 Å². The zero-order valence-electron chi connectivity index (χ0n) is 13.0. The molecule has 4 heteroatoms. The number of pyridine rings is 1.